The molecule has 75 heavy (non-hydrogen) atoms. The third-order valence-corrected chi connectivity index (χ3v) is 20.3. The smallest absolute Gasteiger partial charge is 0.172 e. The SMILES string of the molecule is CO[C@H]1C[C@H](O[C@H]2CC[C@@]3(C)[C@@H](CC[C@@]45O[C@@H](C)[C@@H]6CCC(=O)[C@]6(C)[C@@H](C[C@@H]43)O5)C2)O[C@H](C)[C@H]1O[C@H]1C[C@@H](OC)[C@H](O[C@H]2C[C@@H](OC)[C@H](O[C@H]3C[C@H](OC)[C@H](O[C@H]4C[C@@H](OC)[C@H](O)[C@@H](C)O4)[C@@H](C)O3)[C@@H](C)O2)[C@@H](C)O1. The number of carbonyl (C=O) groups is 1. The van der Waals surface area contributed by atoms with Crippen LogP contribution in [-0.2, 0) is 85.3 Å². The molecule has 1 spiro atoms. The second kappa shape index (κ2) is 23.1. The summed E-state index contributed by atoms with van der Waals surface area (Å²) in [4.78, 5) is 13.4. The van der Waals surface area contributed by atoms with E-state index in [0.29, 0.717) is 50.2 Å². The van der Waals surface area contributed by atoms with Crippen molar-refractivity contribution in [3.05, 3.63) is 0 Å². The monoisotopic (exact) mass is 1070 g/mol. The number of ketones is 1. The third-order valence-electron chi connectivity index (χ3n) is 20.3. The molecule has 10 aliphatic rings. The predicted molar refractivity (Wildman–Crippen MR) is 266 cm³/mol. The Balaban J connectivity index is 0.690. The van der Waals surface area contributed by atoms with Gasteiger partial charge in [0.2, 0.25) is 0 Å². The molecule has 10 rings (SSSR count). The van der Waals surface area contributed by atoms with Gasteiger partial charge in [-0.2, -0.15) is 0 Å². The van der Waals surface area contributed by atoms with Crippen molar-refractivity contribution in [3.8, 4) is 0 Å². The fourth-order valence-electron chi connectivity index (χ4n) is 16.0. The van der Waals surface area contributed by atoms with E-state index >= 15 is 0 Å². The maximum atomic E-state index is 13.4. The Labute approximate surface area is 445 Å². The molecule has 0 radical (unpaired) electrons. The number of hydrogen-bond acceptors (Lipinski definition) is 19. The lowest BCUT2D eigenvalue weighted by molar-refractivity contribution is -0.352. The summed E-state index contributed by atoms with van der Waals surface area (Å²) >= 11 is 0. The number of fused-ring (bicyclic) bond motifs is 5. The standard InChI is InChI=1S/C56H92O19/c1-27-35-14-15-42(57)55(35,8)43-26-41-54(7)18-17-34(20-33(54)16-19-56(41,74-27)75-43)69-44-22-37(60-10)50(29(3)65-44)71-46-24-39(62-12)52(31(5)67-46)73-48-25-40(63-13)53(32(6)68-48)72-47-23-38(61-11)51(30(4)66-47)70-45-21-36(59-9)49(58)28(2)64-45/h27-41,43-53,58H,14-26H2,1-13H3/t27-,28+,29+,30+,31+,32+,33-,34-,35-,36+,37-,38-,39+,40+,41+,43+,44-,45-,46-,47-,48-,49+,50+,51+,52+,53+,54-,55+,56-/m0/s1. The molecule has 29 atom stereocenters. The zero-order chi connectivity index (χ0) is 53.3. The first-order chi connectivity index (χ1) is 35.8. The van der Waals surface area contributed by atoms with Crippen molar-refractivity contribution in [3.63, 3.8) is 0 Å². The number of methoxy groups -OCH3 is 5. The maximum Gasteiger partial charge on any atom is 0.172 e. The highest BCUT2D eigenvalue weighted by atomic mass is 16.8. The average Bonchev–Trinajstić information content (AvgIpc) is 3.96. The van der Waals surface area contributed by atoms with Crippen LogP contribution in [0.2, 0.25) is 0 Å². The van der Waals surface area contributed by atoms with Crippen LogP contribution < -0.4 is 0 Å². The van der Waals surface area contributed by atoms with Crippen LogP contribution in [0.15, 0.2) is 0 Å². The quantitative estimate of drug-likeness (QED) is 0.184. The van der Waals surface area contributed by atoms with Gasteiger partial charge < -0.3 is 85.6 Å². The fourth-order valence-corrected chi connectivity index (χ4v) is 16.0. The van der Waals surface area contributed by atoms with Gasteiger partial charge >= 0.3 is 0 Å². The second-order valence-electron chi connectivity index (χ2n) is 24.5. The van der Waals surface area contributed by atoms with Crippen molar-refractivity contribution in [1.82, 2.24) is 0 Å². The van der Waals surface area contributed by atoms with E-state index in [1.165, 1.54) is 0 Å². The molecular weight excluding hydrogens is 977 g/mol. The van der Waals surface area contributed by atoms with Gasteiger partial charge in [0.05, 0.1) is 84.8 Å². The molecule has 3 aliphatic carbocycles. The van der Waals surface area contributed by atoms with Gasteiger partial charge in [-0.3, -0.25) is 4.79 Å². The van der Waals surface area contributed by atoms with Crippen LogP contribution >= 0.6 is 0 Å². The lowest BCUT2D eigenvalue weighted by Crippen LogP contribution is -2.58. The minimum atomic E-state index is -0.740. The summed E-state index contributed by atoms with van der Waals surface area (Å²) in [5, 5.41) is 10.5. The molecule has 1 N–H and O–H groups in total. The Kier molecular flexibility index (Phi) is 17.6. The minimum absolute atomic E-state index is 0.00103. The van der Waals surface area contributed by atoms with Gasteiger partial charge in [0.15, 0.2) is 37.2 Å². The Hall–Kier alpha value is -1.05. The number of aliphatic hydroxyl groups is 1. The van der Waals surface area contributed by atoms with Crippen molar-refractivity contribution < 1.29 is 90.4 Å². The molecule has 2 bridgehead atoms. The lowest BCUT2D eigenvalue weighted by atomic mass is 9.52. The van der Waals surface area contributed by atoms with Gasteiger partial charge in [0.25, 0.3) is 0 Å². The molecule has 0 unspecified atom stereocenters. The van der Waals surface area contributed by atoms with Gasteiger partial charge in [-0.25, -0.2) is 0 Å². The van der Waals surface area contributed by atoms with Crippen molar-refractivity contribution in [2.24, 2.45) is 28.6 Å². The summed E-state index contributed by atoms with van der Waals surface area (Å²) in [7, 11) is 8.29. The van der Waals surface area contributed by atoms with Gasteiger partial charge in [0.1, 0.15) is 36.3 Å². The number of Topliss-reactive ketones (excluding diaryl/α,β-unsaturated/α-hetero) is 1. The number of carbonyl (C=O) groups excluding carboxylic acids is 1. The number of ether oxygens (including phenoxy) is 17. The molecule has 7 saturated heterocycles. The Bertz CT molecular complexity index is 1920. The summed E-state index contributed by atoms with van der Waals surface area (Å²) in [5.41, 5.74) is -0.431. The van der Waals surface area contributed by atoms with Gasteiger partial charge in [-0.1, -0.05) is 6.92 Å². The summed E-state index contributed by atoms with van der Waals surface area (Å²) < 4.78 is 109. The summed E-state index contributed by atoms with van der Waals surface area (Å²) in [6.07, 6.45) is 0.175. The van der Waals surface area contributed by atoms with Crippen LogP contribution in [0.4, 0.5) is 0 Å². The first-order valence-corrected chi connectivity index (χ1v) is 28.6. The summed E-state index contributed by atoms with van der Waals surface area (Å²) in [5.74, 6) is 0.678. The van der Waals surface area contributed by atoms with Crippen molar-refractivity contribution >= 4 is 5.78 Å². The van der Waals surface area contributed by atoms with Gasteiger partial charge in [-0.15, -0.1) is 0 Å². The molecule has 0 aromatic rings. The van der Waals surface area contributed by atoms with E-state index in [0.717, 1.165) is 44.9 Å². The first-order valence-electron chi connectivity index (χ1n) is 28.6. The molecule has 19 nitrogen and oxygen atoms in total. The largest absolute Gasteiger partial charge is 0.388 e. The second-order valence-corrected chi connectivity index (χ2v) is 24.5. The van der Waals surface area contributed by atoms with E-state index < -0.39 is 104 Å². The van der Waals surface area contributed by atoms with Crippen molar-refractivity contribution in [2.75, 3.05) is 35.5 Å². The van der Waals surface area contributed by atoms with Crippen LogP contribution in [0.1, 0.15) is 139 Å². The van der Waals surface area contributed by atoms with E-state index in [1.54, 1.807) is 42.5 Å². The van der Waals surface area contributed by atoms with Gasteiger partial charge in [-0.05, 0) is 98.3 Å². The first kappa shape index (κ1) is 57.2. The highest BCUT2D eigenvalue weighted by Gasteiger charge is 2.70. The highest BCUT2D eigenvalue weighted by molar-refractivity contribution is 5.88. The molecule has 0 aromatic heterocycles. The van der Waals surface area contributed by atoms with Crippen LogP contribution in [0.5, 0.6) is 0 Å². The van der Waals surface area contributed by atoms with Crippen LogP contribution in [0, 0.1) is 28.6 Å². The zero-order valence-corrected chi connectivity index (χ0v) is 47.0. The normalized spacial score (nSPS) is 54.2. The van der Waals surface area contributed by atoms with Crippen molar-refractivity contribution in [1.29, 1.82) is 0 Å². The molecule has 10 fully saturated rings. The molecule has 7 aliphatic heterocycles. The number of rotatable bonds is 15. The topological polar surface area (TPSA) is 194 Å². The molecule has 0 aromatic carbocycles. The van der Waals surface area contributed by atoms with E-state index in [-0.39, 0.29) is 66.1 Å². The van der Waals surface area contributed by atoms with E-state index in [2.05, 4.69) is 20.8 Å². The van der Waals surface area contributed by atoms with Crippen LogP contribution in [0.25, 0.3) is 0 Å². The summed E-state index contributed by atoms with van der Waals surface area (Å²) in [6.45, 7) is 16.5. The van der Waals surface area contributed by atoms with E-state index in [4.69, 9.17) is 80.5 Å². The average molecular weight is 1070 g/mol. The molecule has 430 valence electrons. The predicted octanol–water partition coefficient (Wildman–Crippen LogP) is 6.13. The molecule has 3 saturated carbocycles. The molecule has 7 heterocycles. The van der Waals surface area contributed by atoms with E-state index in [9.17, 15) is 9.90 Å². The molecular formula is C56H92O19. The fraction of sp³-hybridized carbons (Fsp3) is 0.982. The summed E-state index contributed by atoms with van der Waals surface area (Å²) in [6, 6.07) is 0. The Morgan fingerprint density at radius 1 is 0.480 bits per heavy atom. The Morgan fingerprint density at radius 2 is 0.907 bits per heavy atom. The van der Waals surface area contributed by atoms with Gasteiger partial charge in [0, 0.05) is 92.3 Å². The third kappa shape index (κ3) is 10.9. The minimum Gasteiger partial charge on any atom is -0.388 e. The molecule has 0 amide bonds. The van der Waals surface area contributed by atoms with E-state index in [1.807, 2.05) is 27.7 Å². The number of aliphatic hydroxyl groups excluding tert-OH is 1. The van der Waals surface area contributed by atoms with Crippen LogP contribution in [0.3, 0.4) is 0 Å². The lowest BCUT2D eigenvalue weighted by Gasteiger charge is -2.57. The highest BCUT2D eigenvalue weighted by Crippen LogP contribution is 2.67. The molecule has 19 heteroatoms. The van der Waals surface area contributed by atoms with Crippen LogP contribution in [-0.4, -0.2) is 194 Å². The van der Waals surface area contributed by atoms with Crippen molar-refractivity contribution in [2.45, 2.75) is 286 Å². The Morgan fingerprint density at radius 3 is 1.36 bits per heavy atom. The maximum absolute atomic E-state index is 13.4. The number of hydrogen-bond donors (Lipinski definition) is 1. The zero-order valence-electron chi connectivity index (χ0n) is 47.0.